The fourth-order valence-corrected chi connectivity index (χ4v) is 2.44. The number of rotatable bonds is 5. The van der Waals surface area contributed by atoms with Gasteiger partial charge >= 0.3 is 6.09 Å². The number of carbonyl (C=O) groups excluding carboxylic acids is 1. The summed E-state index contributed by atoms with van der Waals surface area (Å²) in [5.41, 5.74) is -0.441. The van der Waals surface area contributed by atoms with E-state index in [4.69, 9.17) is 14.9 Å². The Bertz CT molecular complexity index is 289. The smallest absolute Gasteiger partial charge is 0.410 e. The first-order valence-electron chi connectivity index (χ1n) is 7.55. The normalized spacial score (nSPS) is 17.6. The maximum absolute atomic E-state index is 11.9. The number of hydrogen-bond donors (Lipinski definition) is 2. The highest BCUT2D eigenvalue weighted by Gasteiger charge is 2.26. The lowest BCUT2D eigenvalue weighted by molar-refractivity contribution is 0.0177. The lowest BCUT2D eigenvalue weighted by Gasteiger charge is -2.33. The number of likely N-dealkylation sites (tertiary alicyclic amines) is 1. The van der Waals surface area contributed by atoms with Crippen LogP contribution >= 0.6 is 0 Å². The minimum atomic E-state index is -0.441. The van der Waals surface area contributed by atoms with Crippen molar-refractivity contribution in [3.8, 4) is 0 Å². The molecule has 5 heteroatoms. The van der Waals surface area contributed by atoms with Crippen LogP contribution < -0.4 is 0 Å². The van der Waals surface area contributed by atoms with E-state index in [9.17, 15) is 4.79 Å². The molecule has 0 aliphatic carbocycles. The molecule has 0 spiro atoms. The van der Waals surface area contributed by atoms with Crippen LogP contribution in [0, 0.1) is 11.8 Å². The van der Waals surface area contributed by atoms with Crippen LogP contribution in [0.1, 0.15) is 46.5 Å². The van der Waals surface area contributed by atoms with Gasteiger partial charge in [-0.15, -0.1) is 0 Å². The van der Waals surface area contributed by atoms with E-state index in [1.807, 2.05) is 20.8 Å². The second-order valence-electron chi connectivity index (χ2n) is 6.72. The molecule has 5 nitrogen and oxygen atoms in total. The van der Waals surface area contributed by atoms with Crippen LogP contribution in [-0.4, -0.2) is 53.1 Å². The monoisotopic (exact) mass is 287 g/mol. The van der Waals surface area contributed by atoms with Crippen molar-refractivity contribution in [2.24, 2.45) is 11.8 Å². The zero-order valence-corrected chi connectivity index (χ0v) is 13.0. The molecule has 1 heterocycles. The Morgan fingerprint density at radius 1 is 1.25 bits per heavy atom. The first-order valence-corrected chi connectivity index (χ1v) is 7.55. The Morgan fingerprint density at radius 2 is 1.80 bits per heavy atom. The summed E-state index contributed by atoms with van der Waals surface area (Å²) in [6.07, 6.45) is 3.59. The molecular weight excluding hydrogens is 258 g/mol. The summed E-state index contributed by atoms with van der Waals surface area (Å²) in [6.45, 7) is 7.20. The summed E-state index contributed by atoms with van der Waals surface area (Å²) >= 11 is 0. The van der Waals surface area contributed by atoms with E-state index < -0.39 is 5.60 Å². The van der Waals surface area contributed by atoms with Crippen molar-refractivity contribution in [1.29, 1.82) is 0 Å². The first-order chi connectivity index (χ1) is 9.35. The summed E-state index contributed by atoms with van der Waals surface area (Å²) in [7, 11) is 0. The minimum Gasteiger partial charge on any atom is -0.444 e. The van der Waals surface area contributed by atoms with E-state index in [0.29, 0.717) is 5.92 Å². The van der Waals surface area contributed by atoms with Crippen molar-refractivity contribution in [2.45, 2.75) is 52.1 Å². The third kappa shape index (κ3) is 6.09. The number of carbonyl (C=O) groups is 1. The van der Waals surface area contributed by atoms with Crippen molar-refractivity contribution in [3.05, 3.63) is 0 Å². The van der Waals surface area contributed by atoms with Gasteiger partial charge < -0.3 is 19.8 Å². The third-order valence-electron chi connectivity index (χ3n) is 3.77. The highest BCUT2D eigenvalue weighted by atomic mass is 16.6. The molecular formula is C15H29NO4. The summed E-state index contributed by atoms with van der Waals surface area (Å²) in [6, 6.07) is 0. The average Bonchev–Trinajstić information content (AvgIpc) is 2.38. The molecule has 20 heavy (non-hydrogen) atoms. The van der Waals surface area contributed by atoms with E-state index >= 15 is 0 Å². The van der Waals surface area contributed by atoms with Crippen molar-refractivity contribution in [3.63, 3.8) is 0 Å². The predicted molar refractivity (Wildman–Crippen MR) is 77.4 cm³/mol. The molecule has 0 aromatic heterocycles. The van der Waals surface area contributed by atoms with Crippen LogP contribution in [0.15, 0.2) is 0 Å². The molecule has 118 valence electrons. The van der Waals surface area contributed by atoms with E-state index in [-0.39, 0.29) is 25.2 Å². The number of aliphatic hydroxyl groups is 2. The molecule has 0 aromatic rings. The quantitative estimate of drug-likeness (QED) is 0.811. The van der Waals surface area contributed by atoms with Crippen LogP contribution in [0.3, 0.4) is 0 Å². The molecule has 1 aliphatic rings. The van der Waals surface area contributed by atoms with Crippen LogP contribution in [0.5, 0.6) is 0 Å². The largest absolute Gasteiger partial charge is 0.444 e. The van der Waals surface area contributed by atoms with Crippen LogP contribution in [0.25, 0.3) is 0 Å². The number of amides is 1. The van der Waals surface area contributed by atoms with Crippen molar-refractivity contribution in [2.75, 3.05) is 26.3 Å². The molecule has 0 bridgehead atoms. The SMILES string of the molecule is CC(C)(C)OC(=O)N1CCC(CCC(CO)CO)CC1. The van der Waals surface area contributed by atoms with Gasteiger partial charge in [-0.1, -0.05) is 0 Å². The molecule has 1 rings (SSSR count). The van der Waals surface area contributed by atoms with Gasteiger partial charge in [-0.25, -0.2) is 4.79 Å². The molecule has 1 aliphatic heterocycles. The highest BCUT2D eigenvalue weighted by molar-refractivity contribution is 5.68. The van der Waals surface area contributed by atoms with Gasteiger partial charge in [0.1, 0.15) is 5.60 Å². The fourth-order valence-electron chi connectivity index (χ4n) is 2.44. The molecule has 0 radical (unpaired) electrons. The number of piperidine rings is 1. The Balaban J connectivity index is 2.28. The molecule has 0 atom stereocenters. The van der Waals surface area contributed by atoms with Crippen LogP contribution in [0.4, 0.5) is 4.79 Å². The summed E-state index contributed by atoms with van der Waals surface area (Å²) < 4.78 is 5.37. The highest BCUT2D eigenvalue weighted by Crippen LogP contribution is 2.24. The lowest BCUT2D eigenvalue weighted by atomic mass is 9.89. The summed E-state index contributed by atoms with van der Waals surface area (Å²) in [4.78, 5) is 13.7. The Morgan fingerprint density at radius 3 is 2.25 bits per heavy atom. The zero-order chi connectivity index (χ0) is 15.2. The van der Waals surface area contributed by atoms with Crippen LogP contribution in [0.2, 0.25) is 0 Å². The zero-order valence-electron chi connectivity index (χ0n) is 13.0. The Labute approximate surface area is 121 Å². The summed E-state index contributed by atoms with van der Waals surface area (Å²) in [5, 5.41) is 18.1. The van der Waals surface area contributed by atoms with Gasteiger partial charge in [0, 0.05) is 32.2 Å². The van der Waals surface area contributed by atoms with Crippen molar-refractivity contribution < 1.29 is 19.7 Å². The molecule has 2 N–H and O–H groups in total. The lowest BCUT2D eigenvalue weighted by Crippen LogP contribution is -2.41. The predicted octanol–water partition coefficient (Wildman–Crippen LogP) is 2.01. The van der Waals surface area contributed by atoms with E-state index in [0.717, 1.165) is 38.8 Å². The second kappa shape index (κ2) is 7.84. The van der Waals surface area contributed by atoms with Gasteiger partial charge in [-0.05, 0) is 52.4 Å². The maximum atomic E-state index is 11.9. The topological polar surface area (TPSA) is 70.0 Å². The van der Waals surface area contributed by atoms with Crippen molar-refractivity contribution in [1.82, 2.24) is 4.90 Å². The van der Waals surface area contributed by atoms with E-state index in [1.165, 1.54) is 0 Å². The van der Waals surface area contributed by atoms with E-state index in [1.54, 1.807) is 4.90 Å². The van der Waals surface area contributed by atoms with Gasteiger partial charge in [0.15, 0.2) is 0 Å². The van der Waals surface area contributed by atoms with Gasteiger partial charge in [0.05, 0.1) is 0 Å². The number of nitrogens with zero attached hydrogens (tertiary/aromatic N) is 1. The molecule has 0 aromatic carbocycles. The van der Waals surface area contributed by atoms with Gasteiger partial charge in [0.25, 0.3) is 0 Å². The molecule has 1 amide bonds. The standard InChI is InChI=1S/C15H29NO4/c1-15(2,3)20-14(19)16-8-6-12(7-9-16)4-5-13(10-17)11-18/h12-13,17-18H,4-11H2,1-3H3. The number of aliphatic hydroxyl groups excluding tert-OH is 2. The van der Waals surface area contributed by atoms with E-state index in [2.05, 4.69) is 0 Å². The Kier molecular flexibility index (Phi) is 6.76. The number of ether oxygens (including phenoxy) is 1. The van der Waals surface area contributed by atoms with Gasteiger partial charge in [0.2, 0.25) is 0 Å². The summed E-state index contributed by atoms with van der Waals surface area (Å²) in [5.74, 6) is 0.577. The van der Waals surface area contributed by atoms with Gasteiger partial charge in [-0.2, -0.15) is 0 Å². The average molecular weight is 287 g/mol. The second-order valence-corrected chi connectivity index (χ2v) is 6.72. The molecule has 1 saturated heterocycles. The molecule has 0 saturated carbocycles. The van der Waals surface area contributed by atoms with Gasteiger partial charge in [-0.3, -0.25) is 0 Å². The maximum Gasteiger partial charge on any atom is 0.410 e. The molecule has 0 unspecified atom stereocenters. The fraction of sp³-hybridized carbons (Fsp3) is 0.933. The first kappa shape index (κ1) is 17.2. The third-order valence-corrected chi connectivity index (χ3v) is 3.77. The molecule has 1 fully saturated rings. The minimum absolute atomic E-state index is 0.00103. The Hall–Kier alpha value is -0.810. The van der Waals surface area contributed by atoms with Crippen molar-refractivity contribution >= 4 is 6.09 Å². The van der Waals surface area contributed by atoms with Crippen LogP contribution in [-0.2, 0) is 4.74 Å². The number of hydrogen-bond acceptors (Lipinski definition) is 4.